The van der Waals surface area contributed by atoms with Crippen molar-refractivity contribution in [1.29, 1.82) is 0 Å². The SMILES string of the molecule is CC1(CNC(=O)C=Cc2ccc(F)c(Cl)c2)COC1. The van der Waals surface area contributed by atoms with E-state index in [1.54, 1.807) is 12.1 Å². The first-order valence-electron chi connectivity index (χ1n) is 5.97. The third kappa shape index (κ3) is 3.78. The Hall–Kier alpha value is -1.39. The number of carbonyl (C=O) groups is 1. The third-order valence-electron chi connectivity index (χ3n) is 2.96. The molecule has 1 aromatic rings. The van der Waals surface area contributed by atoms with Gasteiger partial charge in [-0.25, -0.2) is 4.39 Å². The van der Waals surface area contributed by atoms with Gasteiger partial charge in [0.05, 0.1) is 18.2 Å². The second kappa shape index (κ2) is 5.72. The van der Waals surface area contributed by atoms with E-state index in [9.17, 15) is 9.18 Å². The maximum atomic E-state index is 12.9. The Kier molecular flexibility index (Phi) is 4.22. The highest BCUT2D eigenvalue weighted by atomic mass is 35.5. The zero-order valence-electron chi connectivity index (χ0n) is 10.6. The third-order valence-corrected chi connectivity index (χ3v) is 3.25. The van der Waals surface area contributed by atoms with Crippen LogP contribution in [-0.4, -0.2) is 25.7 Å². The van der Waals surface area contributed by atoms with Crippen molar-refractivity contribution in [1.82, 2.24) is 5.32 Å². The van der Waals surface area contributed by atoms with Crippen LogP contribution < -0.4 is 5.32 Å². The molecule has 0 saturated carbocycles. The molecule has 0 radical (unpaired) electrons. The Bertz CT molecular complexity index is 512. The van der Waals surface area contributed by atoms with Gasteiger partial charge >= 0.3 is 0 Å². The summed E-state index contributed by atoms with van der Waals surface area (Å²) >= 11 is 5.65. The predicted molar refractivity (Wildman–Crippen MR) is 72.4 cm³/mol. The lowest BCUT2D eigenvalue weighted by Crippen LogP contribution is -2.48. The van der Waals surface area contributed by atoms with Crippen molar-refractivity contribution in [2.75, 3.05) is 19.8 Å². The van der Waals surface area contributed by atoms with Crippen molar-refractivity contribution in [2.45, 2.75) is 6.92 Å². The molecule has 2 rings (SSSR count). The van der Waals surface area contributed by atoms with E-state index in [2.05, 4.69) is 12.2 Å². The summed E-state index contributed by atoms with van der Waals surface area (Å²) in [5, 5.41) is 2.85. The number of rotatable bonds is 4. The summed E-state index contributed by atoms with van der Waals surface area (Å²) in [7, 11) is 0. The van der Waals surface area contributed by atoms with Crippen LogP contribution in [0.15, 0.2) is 24.3 Å². The average Bonchev–Trinajstić information content (AvgIpc) is 2.35. The van der Waals surface area contributed by atoms with Crippen LogP contribution in [0.25, 0.3) is 6.08 Å². The van der Waals surface area contributed by atoms with Crippen molar-refractivity contribution >= 4 is 23.6 Å². The second-order valence-corrected chi connectivity index (χ2v) is 5.44. The van der Waals surface area contributed by atoms with E-state index in [0.717, 1.165) is 0 Å². The minimum atomic E-state index is -0.471. The fourth-order valence-electron chi connectivity index (χ4n) is 1.70. The molecule has 5 heteroatoms. The first-order valence-corrected chi connectivity index (χ1v) is 6.35. The monoisotopic (exact) mass is 283 g/mol. The molecular weight excluding hydrogens is 269 g/mol. The number of halogens is 2. The number of hydrogen-bond acceptors (Lipinski definition) is 2. The van der Waals surface area contributed by atoms with Crippen molar-refractivity contribution in [3.8, 4) is 0 Å². The van der Waals surface area contributed by atoms with E-state index < -0.39 is 5.82 Å². The number of ether oxygens (including phenoxy) is 1. The van der Waals surface area contributed by atoms with Crippen molar-refractivity contribution in [2.24, 2.45) is 5.41 Å². The molecule has 0 aliphatic carbocycles. The van der Waals surface area contributed by atoms with Crippen molar-refractivity contribution in [3.63, 3.8) is 0 Å². The maximum Gasteiger partial charge on any atom is 0.244 e. The lowest BCUT2D eigenvalue weighted by molar-refractivity contribution is -0.122. The van der Waals surface area contributed by atoms with Crippen LogP contribution in [0.4, 0.5) is 4.39 Å². The molecule has 1 aliphatic heterocycles. The van der Waals surface area contributed by atoms with E-state index >= 15 is 0 Å². The normalized spacial score (nSPS) is 17.2. The molecule has 19 heavy (non-hydrogen) atoms. The first-order chi connectivity index (χ1) is 8.98. The Morgan fingerprint density at radius 3 is 2.89 bits per heavy atom. The number of nitrogens with one attached hydrogen (secondary N) is 1. The summed E-state index contributed by atoms with van der Waals surface area (Å²) in [6.45, 7) is 3.98. The van der Waals surface area contributed by atoms with E-state index in [-0.39, 0.29) is 16.3 Å². The molecule has 0 unspecified atom stereocenters. The fourth-order valence-corrected chi connectivity index (χ4v) is 1.89. The minimum absolute atomic E-state index is 0.0432. The van der Waals surface area contributed by atoms with E-state index in [0.29, 0.717) is 25.3 Å². The van der Waals surface area contributed by atoms with E-state index in [4.69, 9.17) is 16.3 Å². The Morgan fingerprint density at radius 2 is 2.32 bits per heavy atom. The van der Waals surface area contributed by atoms with Crippen LogP contribution in [0.5, 0.6) is 0 Å². The van der Waals surface area contributed by atoms with Crippen LogP contribution in [0.2, 0.25) is 5.02 Å². The number of carbonyl (C=O) groups excluding carboxylic acids is 1. The highest BCUT2D eigenvalue weighted by Gasteiger charge is 2.33. The molecule has 1 saturated heterocycles. The molecule has 1 N–H and O–H groups in total. The molecule has 1 amide bonds. The Labute approximate surface area is 116 Å². The Morgan fingerprint density at radius 1 is 1.58 bits per heavy atom. The lowest BCUT2D eigenvalue weighted by atomic mass is 9.89. The van der Waals surface area contributed by atoms with Gasteiger partial charge in [0.2, 0.25) is 5.91 Å². The van der Waals surface area contributed by atoms with Gasteiger partial charge in [0.1, 0.15) is 5.82 Å². The lowest BCUT2D eigenvalue weighted by Gasteiger charge is -2.37. The number of hydrogen-bond donors (Lipinski definition) is 1. The van der Waals surface area contributed by atoms with Gasteiger partial charge in [-0.05, 0) is 23.8 Å². The molecule has 1 aromatic carbocycles. The van der Waals surface area contributed by atoms with Gasteiger partial charge in [0.25, 0.3) is 0 Å². The molecule has 1 heterocycles. The molecular formula is C14H15ClFNO2. The largest absolute Gasteiger partial charge is 0.380 e. The van der Waals surface area contributed by atoms with Gasteiger partial charge in [0, 0.05) is 18.0 Å². The van der Waals surface area contributed by atoms with Gasteiger partial charge in [-0.15, -0.1) is 0 Å². The summed E-state index contributed by atoms with van der Waals surface area (Å²) in [4.78, 5) is 11.6. The smallest absolute Gasteiger partial charge is 0.244 e. The summed E-state index contributed by atoms with van der Waals surface area (Å²) in [5.74, 6) is -0.658. The molecule has 0 bridgehead atoms. The first kappa shape index (κ1) is 14.0. The highest BCUT2D eigenvalue weighted by Crippen LogP contribution is 2.25. The van der Waals surface area contributed by atoms with E-state index in [1.165, 1.54) is 18.2 Å². The van der Waals surface area contributed by atoms with Gasteiger partial charge in [-0.1, -0.05) is 24.6 Å². The summed E-state index contributed by atoms with van der Waals surface area (Å²) in [6.07, 6.45) is 3.01. The molecule has 0 atom stereocenters. The van der Waals surface area contributed by atoms with Crippen LogP contribution >= 0.6 is 11.6 Å². The topological polar surface area (TPSA) is 38.3 Å². The van der Waals surface area contributed by atoms with E-state index in [1.807, 2.05) is 0 Å². The fraction of sp³-hybridized carbons (Fsp3) is 0.357. The quantitative estimate of drug-likeness (QED) is 0.863. The van der Waals surface area contributed by atoms with Gasteiger partial charge in [0.15, 0.2) is 0 Å². The molecule has 0 spiro atoms. The minimum Gasteiger partial charge on any atom is -0.380 e. The predicted octanol–water partition coefficient (Wildman–Crippen LogP) is 2.65. The molecule has 1 fully saturated rings. The second-order valence-electron chi connectivity index (χ2n) is 5.03. The van der Waals surface area contributed by atoms with Crippen molar-refractivity contribution < 1.29 is 13.9 Å². The van der Waals surface area contributed by atoms with Gasteiger partial charge in [-0.3, -0.25) is 4.79 Å². The van der Waals surface area contributed by atoms with Gasteiger partial charge in [-0.2, -0.15) is 0 Å². The standard InChI is InChI=1S/C14H15ClFNO2/c1-14(8-19-9-14)7-17-13(18)5-3-10-2-4-12(16)11(15)6-10/h2-6H,7-9H2,1H3,(H,17,18). The van der Waals surface area contributed by atoms with Crippen LogP contribution in [-0.2, 0) is 9.53 Å². The summed E-state index contributed by atoms with van der Waals surface area (Å²) < 4.78 is 18.1. The highest BCUT2D eigenvalue weighted by molar-refractivity contribution is 6.30. The van der Waals surface area contributed by atoms with Crippen LogP contribution in [0.1, 0.15) is 12.5 Å². The Balaban J connectivity index is 1.87. The molecule has 0 aromatic heterocycles. The summed E-state index contributed by atoms with van der Waals surface area (Å²) in [6, 6.07) is 4.31. The number of amides is 1. The van der Waals surface area contributed by atoms with Gasteiger partial charge < -0.3 is 10.1 Å². The summed E-state index contributed by atoms with van der Waals surface area (Å²) in [5.41, 5.74) is 0.725. The zero-order valence-corrected chi connectivity index (χ0v) is 11.3. The maximum absolute atomic E-state index is 12.9. The average molecular weight is 284 g/mol. The van der Waals surface area contributed by atoms with Crippen molar-refractivity contribution in [3.05, 3.63) is 40.7 Å². The molecule has 102 valence electrons. The molecule has 1 aliphatic rings. The van der Waals surface area contributed by atoms with Crippen LogP contribution in [0, 0.1) is 11.2 Å². The van der Waals surface area contributed by atoms with Crippen LogP contribution in [0.3, 0.4) is 0 Å². The number of benzene rings is 1. The molecule has 3 nitrogen and oxygen atoms in total. The zero-order chi connectivity index (χ0) is 13.9.